The summed E-state index contributed by atoms with van der Waals surface area (Å²) >= 11 is 0. The van der Waals surface area contributed by atoms with Gasteiger partial charge in [-0.3, -0.25) is 4.79 Å². The molecular weight excluding hydrogens is 268 g/mol. The minimum absolute atomic E-state index is 0.152. The molecule has 1 aromatic rings. The quantitative estimate of drug-likeness (QED) is 0.544. The predicted octanol–water partition coefficient (Wildman–Crippen LogP) is 3.31. The van der Waals surface area contributed by atoms with E-state index < -0.39 is 0 Å². The van der Waals surface area contributed by atoms with Crippen molar-refractivity contribution in [1.82, 2.24) is 0 Å². The Morgan fingerprint density at radius 2 is 2.14 bits per heavy atom. The molecule has 21 heavy (non-hydrogen) atoms. The topological polar surface area (TPSA) is 44.8 Å². The average Bonchev–Trinajstić information content (AvgIpc) is 2.49. The van der Waals surface area contributed by atoms with Gasteiger partial charge in [0, 0.05) is 5.56 Å². The van der Waals surface area contributed by atoms with Crippen molar-refractivity contribution < 1.29 is 19.0 Å². The van der Waals surface area contributed by atoms with Gasteiger partial charge in [0.1, 0.15) is 6.61 Å². The van der Waals surface area contributed by atoms with Crippen LogP contribution in [-0.2, 0) is 16.0 Å². The fourth-order valence-electron chi connectivity index (χ4n) is 1.81. The molecule has 0 atom stereocenters. The zero-order valence-electron chi connectivity index (χ0n) is 12.8. The predicted molar refractivity (Wildman–Crippen MR) is 82.8 cm³/mol. The summed E-state index contributed by atoms with van der Waals surface area (Å²) in [7, 11) is 1.57. The van der Waals surface area contributed by atoms with Gasteiger partial charge in [0.2, 0.25) is 0 Å². The highest BCUT2D eigenvalue weighted by atomic mass is 16.5. The minimum Gasteiger partial charge on any atom is -0.493 e. The van der Waals surface area contributed by atoms with Crippen molar-refractivity contribution in [3.8, 4) is 11.5 Å². The van der Waals surface area contributed by atoms with E-state index in [4.69, 9.17) is 14.2 Å². The van der Waals surface area contributed by atoms with Gasteiger partial charge in [0.25, 0.3) is 0 Å². The van der Waals surface area contributed by atoms with E-state index in [9.17, 15) is 4.79 Å². The van der Waals surface area contributed by atoms with Crippen LogP contribution >= 0.6 is 0 Å². The van der Waals surface area contributed by atoms with Crippen molar-refractivity contribution in [2.24, 2.45) is 0 Å². The maximum atomic E-state index is 11.7. The van der Waals surface area contributed by atoms with Gasteiger partial charge in [-0.2, -0.15) is 0 Å². The molecule has 0 bridgehead atoms. The van der Waals surface area contributed by atoms with Gasteiger partial charge in [0.15, 0.2) is 11.5 Å². The molecule has 1 rings (SSSR count). The Labute approximate surface area is 126 Å². The number of hydrogen-bond donors (Lipinski definition) is 0. The highest BCUT2D eigenvalue weighted by Crippen LogP contribution is 2.32. The Kier molecular flexibility index (Phi) is 7.09. The molecule has 114 valence electrons. The van der Waals surface area contributed by atoms with E-state index >= 15 is 0 Å². The Morgan fingerprint density at radius 1 is 1.38 bits per heavy atom. The van der Waals surface area contributed by atoms with Crippen LogP contribution in [0.15, 0.2) is 42.5 Å². The summed E-state index contributed by atoms with van der Waals surface area (Å²) in [5.41, 5.74) is 1.70. The number of ether oxygens (including phenoxy) is 3. The summed E-state index contributed by atoms with van der Waals surface area (Å²) in [5, 5.41) is 0. The van der Waals surface area contributed by atoms with Crippen molar-refractivity contribution in [1.29, 1.82) is 0 Å². The van der Waals surface area contributed by atoms with E-state index in [0.717, 1.165) is 11.1 Å². The number of methoxy groups -OCH3 is 1. The summed E-state index contributed by atoms with van der Waals surface area (Å²) < 4.78 is 16.1. The highest BCUT2D eigenvalue weighted by Gasteiger charge is 2.14. The number of para-hydroxylation sites is 1. The van der Waals surface area contributed by atoms with Crippen LogP contribution in [0, 0.1) is 0 Å². The Hall–Kier alpha value is -2.23. The molecule has 1 aromatic carbocycles. The van der Waals surface area contributed by atoms with Gasteiger partial charge in [-0.05, 0) is 25.5 Å². The van der Waals surface area contributed by atoms with E-state index in [1.165, 1.54) is 0 Å². The molecule has 0 heterocycles. The molecule has 0 saturated carbocycles. The standard InChI is InChI=1S/C17H22O4/c1-5-13(6-2)12-21-17-14(11-16(18)20-7-3)9-8-10-15(17)19-4/h5-6,8-10H,1,7,11-12H2,2-4H3/b13-6+. The van der Waals surface area contributed by atoms with Crippen molar-refractivity contribution in [3.05, 3.63) is 48.1 Å². The third kappa shape index (κ3) is 4.99. The molecule has 0 amide bonds. The molecule has 0 saturated heterocycles. The first-order chi connectivity index (χ1) is 10.2. The lowest BCUT2D eigenvalue weighted by molar-refractivity contribution is -0.142. The Balaban J connectivity index is 2.97. The molecule has 4 nitrogen and oxygen atoms in total. The van der Waals surface area contributed by atoms with Gasteiger partial charge < -0.3 is 14.2 Å². The smallest absolute Gasteiger partial charge is 0.310 e. The largest absolute Gasteiger partial charge is 0.493 e. The van der Waals surface area contributed by atoms with Gasteiger partial charge in [-0.15, -0.1) is 0 Å². The van der Waals surface area contributed by atoms with Crippen LogP contribution in [0.2, 0.25) is 0 Å². The number of rotatable bonds is 8. The lowest BCUT2D eigenvalue weighted by Gasteiger charge is -2.15. The van der Waals surface area contributed by atoms with E-state index in [2.05, 4.69) is 6.58 Å². The Bertz CT molecular complexity index is 518. The molecule has 0 aromatic heterocycles. The van der Waals surface area contributed by atoms with E-state index in [-0.39, 0.29) is 12.4 Å². The third-order valence-electron chi connectivity index (χ3n) is 2.94. The molecule has 0 fully saturated rings. The monoisotopic (exact) mass is 290 g/mol. The number of carbonyl (C=O) groups excluding carboxylic acids is 1. The number of benzene rings is 1. The van der Waals surface area contributed by atoms with E-state index in [1.54, 1.807) is 26.2 Å². The highest BCUT2D eigenvalue weighted by molar-refractivity contribution is 5.74. The summed E-state index contributed by atoms with van der Waals surface area (Å²) in [6.07, 6.45) is 3.81. The third-order valence-corrected chi connectivity index (χ3v) is 2.94. The maximum absolute atomic E-state index is 11.7. The zero-order chi connectivity index (χ0) is 15.7. The lowest BCUT2D eigenvalue weighted by atomic mass is 10.1. The molecule has 0 aliphatic heterocycles. The van der Waals surface area contributed by atoms with Crippen molar-refractivity contribution >= 4 is 5.97 Å². The van der Waals surface area contributed by atoms with Crippen molar-refractivity contribution in [3.63, 3.8) is 0 Å². The minimum atomic E-state index is -0.286. The van der Waals surface area contributed by atoms with Gasteiger partial charge in [-0.1, -0.05) is 30.9 Å². The van der Waals surface area contributed by atoms with Crippen LogP contribution in [0.3, 0.4) is 0 Å². The number of hydrogen-bond acceptors (Lipinski definition) is 4. The van der Waals surface area contributed by atoms with Crippen LogP contribution in [0.4, 0.5) is 0 Å². The van der Waals surface area contributed by atoms with Crippen molar-refractivity contribution in [2.45, 2.75) is 20.3 Å². The fourth-order valence-corrected chi connectivity index (χ4v) is 1.81. The summed E-state index contributed by atoms with van der Waals surface area (Å²) in [4.78, 5) is 11.7. The number of allylic oxidation sites excluding steroid dienone is 1. The van der Waals surface area contributed by atoms with E-state index in [1.807, 2.05) is 25.1 Å². The molecule has 4 heteroatoms. The normalized spacial score (nSPS) is 10.9. The fraction of sp³-hybridized carbons (Fsp3) is 0.353. The maximum Gasteiger partial charge on any atom is 0.310 e. The van der Waals surface area contributed by atoms with Gasteiger partial charge in [0.05, 0.1) is 20.1 Å². The summed E-state index contributed by atoms with van der Waals surface area (Å²) in [5.74, 6) is 0.871. The summed E-state index contributed by atoms with van der Waals surface area (Å²) in [6.45, 7) is 8.16. The first kappa shape index (κ1) is 16.8. The molecule has 0 spiro atoms. The molecular formula is C17H22O4. The number of esters is 1. The van der Waals surface area contributed by atoms with E-state index in [0.29, 0.717) is 24.7 Å². The molecule has 0 aliphatic rings. The molecule has 0 aliphatic carbocycles. The zero-order valence-corrected chi connectivity index (χ0v) is 12.8. The second-order valence-corrected chi connectivity index (χ2v) is 4.29. The SMILES string of the molecule is C=C/C(=C\C)COc1c(CC(=O)OCC)cccc1OC. The Morgan fingerprint density at radius 3 is 2.71 bits per heavy atom. The lowest BCUT2D eigenvalue weighted by Crippen LogP contribution is -2.10. The summed E-state index contributed by atoms with van der Waals surface area (Å²) in [6, 6.07) is 5.45. The molecule has 0 radical (unpaired) electrons. The van der Waals surface area contributed by atoms with Crippen LogP contribution in [0.5, 0.6) is 11.5 Å². The second-order valence-electron chi connectivity index (χ2n) is 4.29. The molecule has 0 N–H and O–H groups in total. The molecule has 0 unspecified atom stereocenters. The van der Waals surface area contributed by atoms with Crippen LogP contribution in [-0.4, -0.2) is 26.3 Å². The second kappa shape index (κ2) is 8.84. The van der Waals surface area contributed by atoms with Gasteiger partial charge >= 0.3 is 5.97 Å². The van der Waals surface area contributed by atoms with Crippen LogP contribution in [0.25, 0.3) is 0 Å². The number of carbonyl (C=O) groups is 1. The first-order valence-corrected chi connectivity index (χ1v) is 6.88. The van der Waals surface area contributed by atoms with Crippen LogP contribution < -0.4 is 9.47 Å². The van der Waals surface area contributed by atoms with Crippen LogP contribution in [0.1, 0.15) is 19.4 Å². The van der Waals surface area contributed by atoms with Crippen molar-refractivity contribution in [2.75, 3.05) is 20.3 Å². The average molecular weight is 290 g/mol. The first-order valence-electron chi connectivity index (χ1n) is 6.88. The van der Waals surface area contributed by atoms with Gasteiger partial charge in [-0.25, -0.2) is 0 Å².